The molecule has 1 aromatic heterocycles. The summed E-state index contributed by atoms with van der Waals surface area (Å²) in [5.74, 6) is 0.496. The van der Waals surface area contributed by atoms with Crippen LogP contribution >= 0.6 is 11.6 Å². The molecule has 0 amide bonds. The Balaban J connectivity index is 2.56. The molecule has 0 fully saturated rings. The largest absolute Gasteiger partial charge is 0.369 e. The quantitative estimate of drug-likeness (QED) is 0.915. The molecule has 2 rings (SSSR count). The maximum absolute atomic E-state index is 13.5. The summed E-state index contributed by atoms with van der Waals surface area (Å²) in [5, 5.41) is 0.0728. The van der Waals surface area contributed by atoms with Gasteiger partial charge in [-0.2, -0.15) is 0 Å². The predicted molar refractivity (Wildman–Crippen MR) is 73.3 cm³/mol. The van der Waals surface area contributed by atoms with Crippen molar-refractivity contribution in [2.75, 3.05) is 5.73 Å². The Morgan fingerprint density at radius 3 is 2.67 bits per heavy atom. The second-order valence-corrected chi connectivity index (χ2v) is 5.48. The van der Waals surface area contributed by atoms with E-state index in [2.05, 4.69) is 25.8 Å². The van der Waals surface area contributed by atoms with Gasteiger partial charge in [0.2, 0.25) is 5.95 Å². The van der Waals surface area contributed by atoms with Crippen LogP contribution in [0.15, 0.2) is 12.1 Å². The average molecular weight is 270 g/mol. The summed E-state index contributed by atoms with van der Waals surface area (Å²) in [5.41, 5.74) is 7.25. The minimum atomic E-state index is -0.443. The Hall–Kier alpha value is -1.29. The van der Waals surface area contributed by atoms with Gasteiger partial charge in [0, 0.05) is 12.1 Å². The molecule has 5 heteroatoms. The lowest BCUT2D eigenvalue weighted by atomic mass is 10.1. The van der Waals surface area contributed by atoms with Crippen molar-refractivity contribution < 1.29 is 4.39 Å². The molecule has 0 bridgehead atoms. The zero-order valence-corrected chi connectivity index (χ0v) is 11.5. The molecule has 2 N–H and O–H groups in total. The highest BCUT2D eigenvalue weighted by atomic mass is 35.5. The van der Waals surface area contributed by atoms with Crippen molar-refractivity contribution in [3.05, 3.63) is 23.0 Å². The summed E-state index contributed by atoms with van der Waals surface area (Å²) in [4.78, 5) is 4.23. The van der Waals surface area contributed by atoms with Crippen LogP contribution in [0.1, 0.15) is 33.2 Å². The normalized spacial score (nSPS) is 13.4. The van der Waals surface area contributed by atoms with Gasteiger partial charge in [-0.1, -0.05) is 25.4 Å². The number of anilines is 1. The number of benzene rings is 1. The fraction of sp³-hybridized carbons (Fsp3) is 0.462. The predicted octanol–water partition coefficient (Wildman–Crippen LogP) is 4.02. The zero-order valence-electron chi connectivity index (χ0n) is 10.7. The van der Waals surface area contributed by atoms with Gasteiger partial charge < -0.3 is 10.3 Å². The van der Waals surface area contributed by atoms with Crippen LogP contribution in [0.2, 0.25) is 5.02 Å². The molecule has 3 nitrogen and oxygen atoms in total. The lowest BCUT2D eigenvalue weighted by Gasteiger charge is -2.18. The summed E-state index contributed by atoms with van der Waals surface area (Å²) >= 11 is 5.75. The highest BCUT2D eigenvalue weighted by Gasteiger charge is 2.16. The van der Waals surface area contributed by atoms with Crippen molar-refractivity contribution in [2.45, 2.75) is 33.2 Å². The van der Waals surface area contributed by atoms with E-state index in [0.717, 1.165) is 6.42 Å². The van der Waals surface area contributed by atoms with E-state index < -0.39 is 5.82 Å². The van der Waals surface area contributed by atoms with Gasteiger partial charge in [0.1, 0.15) is 5.82 Å². The number of nitrogens with zero attached hydrogens (tertiary/aromatic N) is 2. The van der Waals surface area contributed by atoms with Crippen LogP contribution in [0.25, 0.3) is 11.0 Å². The first-order valence-electron chi connectivity index (χ1n) is 6.02. The molecule has 0 aliphatic rings. The summed E-state index contributed by atoms with van der Waals surface area (Å²) in [7, 11) is 0. The number of halogens is 2. The lowest BCUT2D eigenvalue weighted by molar-refractivity contribution is 0.439. The van der Waals surface area contributed by atoms with Gasteiger partial charge in [-0.05, 0) is 25.3 Å². The first-order chi connectivity index (χ1) is 8.40. The maximum atomic E-state index is 13.5. The minimum absolute atomic E-state index is 0.0728. The molecule has 0 aliphatic carbocycles. The van der Waals surface area contributed by atoms with Gasteiger partial charge in [0.25, 0.3) is 0 Å². The summed E-state index contributed by atoms with van der Waals surface area (Å²) in [6.45, 7) is 6.34. The zero-order chi connectivity index (χ0) is 13.4. The van der Waals surface area contributed by atoms with Crippen molar-refractivity contribution >= 4 is 28.6 Å². The van der Waals surface area contributed by atoms with Crippen LogP contribution in [0.3, 0.4) is 0 Å². The molecule has 0 saturated heterocycles. The number of nitrogens with two attached hydrogens (primary N) is 1. The third-order valence-electron chi connectivity index (χ3n) is 3.01. The van der Waals surface area contributed by atoms with E-state index in [9.17, 15) is 4.39 Å². The summed E-state index contributed by atoms with van der Waals surface area (Å²) in [6, 6.07) is 3.09. The molecule has 1 heterocycles. The second-order valence-electron chi connectivity index (χ2n) is 5.07. The smallest absolute Gasteiger partial charge is 0.201 e. The maximum Gasteiger partial charge on any atom is 0.201 e. The Bertz CT molecular complexity index is 577. The molecule has 1 unspecified atom stereocenters. The van der Waals surface area contributed by atoms with Gasteiger partial charge in [-0.25, -0.2) is 9.37 Å². The molecule has 0 radical (unpaired) electrons. The van der Waals surface area contributed by atoms with Crippen LogP contribution in [0.5, 0.6) is 0 Å². The van der Waals surface area contributed by atoms with E-state index in [1.165, 1.54) is 12.1 Å². The number of hydrogen-bond acceptors (Lipinski definition) is 2. The molecule has 0 saturated carbocycles. The SMILES string of the molecule is CC(C)CC(C)n1c(N)nc2cc(Cl)c(F)cc21. The van der Waals surface area contributed by atoms with Crippen molar-refractivity contribution in [3.8, 4) is 0 Å². The monoisotopic (exact) mass is 269 g/mol. The second kappa shape index (κ2) is 4.76. The Morgan fingerprint density at radius 2 is 2.06 bits per heavy atom. The van der Waals surface area contributed by atoms with Crippen LogP contribution in [-0.2, 0) is 0 Å². The van der Waals surface area contributed by atoms with E-state index in [4.69, 9.17) is 17.3 Å². The van der Waals surface area contributed by atoms with Gasteiger partial charge in [0.15, 0.2) is 0 Å². The third kappa shape index (κ3) is 2.29. The Kier molecular flexibility index (Phi) is 3.48. The standard InChI is InChI=1S/C13H17ClFN3/c1-7(2)4-8(3)18-12-6-10(15)9(14)5-11(12)17-13(18)16/h5-8H,4H2,1-3H3,(H2,16,17). The molecule has 98 valence electrons. The molecular formula is C13H17ClFN3. The summed E-state index contributed by atoms with van der Waals surface area (Å²) in [6.07, 6.45) is 0.958. The Morgan fingerprint density at radius 1 is 1.39 bits per heavy atom. The Labute approximate surface area is 111 Å². The number of aromatic nitrogens is 2. The van der Waals surface area contributed by atoms with Gasteiger partial charge >= 0.3 is 0 Å². The number of rotatable bonds is 3. The molecule has 0 aliphatic heterocycles. The fourth-order valence-corrected chi connectivity index (χ4v) is 2.52. The first-order valence-corrected chi connectivity index (χ1v) is 6.40. The first kappa shape index (κ1) is 13.1. The highest BCUT2D eigenvalue weighted by Crippen LogP contribution is 2.29. The third-order valence-corrected chi connectivity index (χ3v) is 3.30. The van der Waals surface area contributed by atoms with E-state index in [1.54, 1.807) is 0 Å². The summed E-state index contributed by atoms with van der Waals surface area (Å²) < 4.78 is 15.4. The molecule has 0 spiro atoms. The lowest BCUT2D eigenvalue weighted by Crippen LogP contribution is -2.11. The minimum Gasteiger partial charge on any atom is -0.369 e. The van der Waals surface area contributed by atoms with Crippen LogP contribution < -0.4 is 5.73 Å². The molecule has 1 atom stereocenters. The molecular weight excluding hydrogens is 253 g/mol. The van der Waals surface area contributed by atoms with Crippen molar-refractivity contribution in [1.29, 1.82) is 0 Å². The van der Waals surface area contributed by atoms with Gasteiger partial charge in [-0.15, -0.1) is 0 Å². The van der Waals surface area contributed by atoms with Crippen molar-refractivity contribution in [1.82, 2.24) is 9.55 Å². The fourth-order valence-electron chi connectivity index (χ4n) is 2.36. The van der Waals surface area contributed by atoms with E-state index >= 15 is 0 Å². The average Bonchev–Trinajstić information content (AvgIpc) is 2.53. The van der Waals surface area contributed by atoms with Crippen LogP contribution in [0.4, 0.5) is 10.3 Å². The molecule has 18 heavy (non-hydrogen) atoms. The van der Waals surface area contributed by atoms with Crippen molar-refractivity contribution in [2.24, 2.45) is 5.92 Å². The van der Waals surface area contributed by atoms with E-state index in [0.29, 0.717) is 22.9 Å². The topological polar surface area (TPSA) is 43.8 Å². The van der Waals surface area contributed by atoms with E-state index in [1.807, 2.05) is 4.57 Å². The van der Waals surface area contributed by atoms with Crippen LogP contribution in [0, 0.1) is 11.7 Å². The number of nitrogen functional groups attached to an aromatic ring is 1. The van der Waals surface area contributed by atoms with Crippen LogP contribution in [-0.4, -0.2) is 9.55 Å². The van der Waals surface area contributed by atoms with Crippen molar-refractivity contribution in [3.63, 3.8) is 0 Å². The molecule has 1 aromatic carbocycles. The number of hydrogen-bond donors (Lipinski definition) is 1. The van der Waals surface area contributed by atoms with Gasteiger partial charge in [-0.3, -0.25) is 0 Å². The highest BCUT2D eigenvalue weighted by molar-refractivity contribution is 6.31. The number of fused-ring (bicyclic) bond motifs is 1. The van der Waals surface area contributed by atoms with E-state index in [-0.39, 0.29) is 11.1 Å². The van der Waals surface area contributed by atoms with Gasteiger partial charge in [0.05, 0.1) is 16.1 Å². The molecule has 2 aromatic rings. The number of imidazole rings is 1.